The van der Waals surface area contributed by atoms with Gasteiger partial charge in [0.1, 0.15) is 0 Å². The maximum Gasteiger partial charge on any atom is 0.230 e. The van der Waals surface area contributed by atoms with E-state index in [1.54, 1.807) is 0 Å². The summed E-state index contributed by atoms with van der Waals surface area (Å²) in [5.74, 6) is 0.233. The molecular weight excluding hydrogens is 204 g/mol. The van der Waals surface area contributed by atoms with Gasteiger partial charge in [-0.25, -0.2) is 0 Å². The summed E-state index contributed by atoms with van der Waals surface area (Å²) in [5, 5.41) is 12.6. The highest BCUT2D eigenvalue weighted by atomic mass is 16.3. The molecule has 2 saturated heterocycles. The van der Waals surface area contributed by atoms with Crippen LogP contribution in [0.3, 0.4) is 0 Å². The third-order valence-corrected chi connectivity index (χ3v) is 3.96. The molecule has 4 heteroatoms. The Morgan fingerprint density at radius 2 is 2.38 bits per heavy atom. The molecule has 2 fully saturated rings. The molecule has 2 atom stereocenters. The predicted molar refractivity (Wildman–Crippen MR) is 62.0 cm³/mol. The van der Waals surface area contributed by atoms with E-state index in [1.165, 1.54) is 0 Å². The summed E-state index contributed by atoms with van der Waals surface area (Å²) in [4.78, 5) is 14.4. The van der Waals surface area contributed by atoms with Gasteiger partial charge >= 0.3 is 0 Å². The van der Waals surface area contributed by atoms with Gasteiger partial charge in [0.2, 0.25) is 5.91 Å². The third kappa shape index (κ3) is 2.09. The van der Waals surface area contributed by atoms with Crippen LogP contribution in [0.2, 0.25) is 0 Å². The summed E-state index contributed by atoms with van der Waals surface area (Å²) < 4.78 is 0. The van der Waals surface area contributed by atoms with Crippen LogP contribution in [0, 0.1) is 5.41 Å². The van der Waals surface area contributed by atoms with Crippen molar-refractivity contribution in [3.05, 3.63) is 0 Å². The van der Waals surface area contributed by atoms with Crippen molar-refractivity contribution in [1.82, 2.24) is 10.2 Å². The lowest BCUT2D eigenvalue weighted by Crippen LogP contribution is -2.52. The zero-order valence-corrected chi connectivity index (χ0v) is 10.0. The molecule has 0 saturated carbocycles. The van der Waals surface area contributed by atoms with Crippen molar-refractivity contribution < 1.29 is 9.90 Å². The number of carbonyl (C=O) groups excluding carboxylic acids is 1. The fourth-order valence-electron chi connectivity index (χ4n) is 2.88. The van der Waals surface area contributed by atoms with Crippen molar-refractivity contribution in [3.8, 4) is 0 Å². The van der Waals surface area contributed by atoms with Crippen molar-refractivity contribution in [3.63, 3.8) is 0 Å². The predicted octanol–water partition coefficient (Wildman–Crippen LogP) is 0.359. The number of piperidine rings is 1. The van der Waals surface area contributed by atoms with E-state index in [1.807, 2.05) is 11.8 Å². The Morgan fingerprint density at radius 3 is 3.00 bits per heavy atom. The van der Waals surface area contributed by atoms with Gasteiger partial charge in [-0.05, 0) is 39.2 Å². The maximum absolute atomic E-state index is 12.5. The zero-order valence-electron chi connectivity index (χ0n) is 10.0. The van der Waals surface area contributed by atoms with Crippen molar-refractivity contribution in [2.24, 2.45) is 5.41 Å². The van der Waals surface area contributed by atoms with Gasteiger partial charge in [-0.1, -0.05) is 0 Å². The molecular formula is C12H22N2O2. The van der Waals surface area contributed by atoms with Crippen molar-refractivity contribution in [2.45, 2.75) is 38.6 Å². The van der Waals surface area contributed by atoms with Gasteiger partial charge < -0.3 is 15.3 Å². The molecule has 0 radical (unpaired) electrons. The smallest absolute Gasteiger partial charge is 0.230 e. The van der Waals surface area contributed by atoms with Gasteiger partial charge in [0.05, 0.1) is 18.1 Å². The Morgan fingerprint density at radius 1 is 1.56 bits per heavy atom. The van der Waals surface area contributed by atoms with E-state index in [-0.39, 0.29) is 24.0 Å². The molecule has 2 N–H and O–H groups in total. The standard InChI is InChI=1S/C12H22N2O2/c1-12(5-3-6-13-9-12)11(16)14-7-2-4-10(14)8-15/h10,13,15H,2-9H2,1H3/t10-,12?/m0/s1. The largest absolute Gasteiger partial charge is 0.394 e. The van der Waals surface area contributed by atoms with Gasteiger partial charge in [-0.3, -0.25) is 4.79 Å². The second kappa shape index (κ2) is 4.72. The van der Waals surface area contributed by atoms with Crippen LogP contribution in [0.4, 0.5) is 0 Å². The normalized spacial score (nSPS) is 35.4. The number of aliphatic hydroxyl groups excluding tert-OH is 1. The molecule has 2 aliphatic rings. The van der Waals surface area contributed by atoms with E-state index >= 15 is 0 Å². The van der Waals surface area contributed by atoms with E-state index in [0.29, 0.717) is 0 Å². The average Bonchev–Trinajstić information content (AvgIpc) is 2.77. The fourth-order valence-corrected chi connectivity index (χ4v) is 2.88. The van der Waals surface area contributed by atoms with E-state index < -0.39 is 0 Å². The van der Waals surface area contributed by atoms with E-state index in [0.717, 1.165) is 45.3 Å². The lowest BCUT2D eigenvalue weighted by molar-refractivity contribution is -0.143. The number of nitrogens with zero attached hydrogens (tertiary/aromatic N) is 1. The number of rotatable bonds is 2. The van der Waals surface area contributed by atoms with Crippen molar-refractivity contribution in [1.29, 1.82) is 0 Å². The Kier molecular flexibility index (Phi) is 3.50. The fraction of sp³-hybridized carbons (Fsp3) is 0.917. The van der Waals surface area contributed by atoms with E-state index in [2.05, 4.69) is 5.32 Å². The number of hydrogen-bond donors (Lipinski definition) is 2. The van der Waals surface area contributed by atoms with Gasteiger partial charge in [-0.15, -0.1) is 0 Å². The minimum atomic E-state index is -0.254. The highest BCUT2D eigenvalue weighted by Crippen LogP contribution is 2.31. The number of likely N-dealkylation sites (tertiary alicyclic amines) is 1. The molecule has 2 heterocycles. The molecule has 2 aliphatic heterocycles. The zero-order chi connectivity index (χ0) is 11.6. The topological polar surface area (TPSA) is 52.6 Å². The van der Waals surface area contributed by atoms with Crippen molar-refractivity contribution in [2.75, 3.05) is 26.2 Å². The summed E-state index contributed by atoms with van der Waals surface area (Å²) in [7, 11) is 0. The summed E-state index contributed by atoms with van der Waals surface area (Å²) in [6.07, 6.45) is 4.01. The van der Waals surface area contributed by atoms with Crippen LogP contribution >= 0.6 is 0 Å². The molecule has 1 unspecified atom stereocenters. The quantitative estimate of drug-likeness (QED) is 0.715. The van der Waals surface area contributed by atoms with Gasteiger partial charge in [0, 0.05) is 13.1 Å². The summed E-state index contributed by atoms with van der Waals surface area (Å²) in [6, 6.07) is 0.0613. The van der Waals surface area contributed by atoms with E-state index in [9.17, 15) is 9.90 Å². The SMILES string of the molecule is CC1(C(=O)N2CCC[C@H]2CO)CCCNC1. The number of hydrogen-bond acceptors (Lipinski definition) is 3. The summed E-state index contributed by atoms with van der Waals surface area (Å²) >= 11 is 0. The minimum Gasteiger partial charge on any atom is -0.394 e. The van der Waals surface area contributed by atoms with Crippen LogP contribution in [0.15, 0.2) is 0 Å². The second-order valence-electron chi connectivity index (χ2n) is 5.32. The Bertz CT molecular complexity index is 262. The van der Waals surface area contributed by atoms with Crippen LogP contribution in [-0.4, -0.2) is 48.2 Å². The highest BCUT2D eigenvalue weighted by Gasteiger charge is 2.41. The van der Waals surface area contributed by atoms with Gasteiger partial charge in [0.15, 0.2) is 0 Å². The first-order valence-corrected chi connectivity index (χ1v) is 6.30. The molecule has 0 aromatic carbocycles. The molecule has 92 valence electrons. The Balaban J connectivity index is 2.05. The van der Waals surface area contributed by atoms with Crippen LogP contribution in [0.5, 0.6) is 0 Å². The van der Waals surface area contributed by atoms with E-state index in [4.69, 9.17) is 0 Å². The first-order chi connectivity index (χ1) is 7.67. The van der Waals surface area contributed by atoms with Gasteiger partial charge in [-0.2, -0.15) is 0 Å². The second-order valence-corrected chi connectivity index (χ2v) is 5.32. The van der Waals surface area contributed by atoms with Crippen LogP contribution in [0.1, 0.15) is 32.6 Å². The van der Waals surface area contributed by atoms with Gasteiger partial charge in [0.25, 0.3) is 0 Å². The lowest BCUT2D eigenvalue weighted by atomic mass is 9.81. The molecule has 2 rings (SSSR count). The molecule has 16 heavy (non-hydrogen) atoms. The monoisotopic (exact) mass is 226 g/mol. The number of amides is 1. The Labute approximate surface area is 97.0 Å². The highest BCUT2D eigenvalue weighted by molar-refractivity contribution is 5.83. The summed E-state index contributed by atoms with van der Waals surface area (Å²) in [5.41, 5.74) is -0.254. The maximum atomic E-state index is 12.5. The first-order valence-electron chi connectivity index (χ1n) is 6.30. The minimum absolute atomic E-state index is 0.0613. The number of carbonyl (C=O) groups is 1. The Hall–Kier alpha value is -0.610. The molecule has 0 aromatic heterocycles. The molecule has 0 aromatic rings. The summed E-state index contributed by atoms with van der Waals surface area (Å²) in [6.45, 7) is 4.77. The average molecular weight is 226 g/mol. The van der Waals surface area contributed by atoms with Crippen LogP contribution < -0.4 is 5.32 Å². The first kappa shape index (κ1) is 11.9. The number of nitrogens with one attached hydrogen (secondary N) is 1. The molecule has 0 aliphatic carbocycles. The molecule has 1 amide bonds. The third-order valence-electron chi connectivity index (χ3n) is 3.96. The van der Waals surface area contributed by atoms with Crippen LogP contribution in [-0.2, 0) is 4.79 Å². The lowest BCUT2D eigenvalue weighted by Gasteiger charge is -2.37. The molecule has 4 nitrogen and oxygen atoms in total. The number of aliphatic hydroxyl groups is 1. The molecule has 0 spiro atoms. The van der Waals surface area contributed by atoms with Crippen molar-refractivity contribution >= 4 is 5.91 Å². The van der Waals surface area contributed by atoms with Crippen LogP contribution in [0.25, 0.3) is 0 Å². The molecule has 0 bridgehead atoms.